The Bertz CT molecular complexity index is 406. The Morgan fingerprint density at radius 1 is 1.10 bits per heavy atom. The summed E-state index contributed by atoms with van der Waals surface area (Å²) < 4.78 is 0. The molecule has 0 spiro atoms. The van der Waals surface area contributed by atoms with Crippen LogP contribution in [0.25, 0.3) is 0 Å². The van der Waals surface area contributed by atoms with Gasteiger partial charge in [-0.15, -0.1) is 0 Å². The summed E-state index contributed by atoms with van der Waals surface area (Å²) in [5.74, 6) is 0.805. The van der Waals surface area contributed by atoms with Crippen LogP contribution in [0.3, 0.4) is 0 Å². The molecule has 0 amide bonds. The lowest BCUT2D eigenvalue weighted by atomic mass is 10.0. The van der Waals surface area contributed by atoms with Crippen LogP contribution in [0, 0.1) is 5.92 Å². The largest absolute Gasteiger partial charge is 0.293 e. The van der Waals surface area contributed by atoms with Gasteiger partial charge in [0.05, 0.1) is 6.54 Å². The maximum absolute atomic E-state index is 12.4. The molecule has 0 aliphatic heterocycles. The summed E-state index contributed by atoms with van der Waals surface area (Å²) in [4.78, 5) is 14.6. The Morgan fingerprint density at radius 3 is 2.15 bits per heavy atom. The van der Waals surface area contributed by atoms with Crippen molar-refractivity contribution in [2.45, 2.75) is 53.5 Å². The number of hydrogen-bond acceptors (Lipinski definition) is 2. The number of nitrogens with zero attached hydrogens (tertiary/aromatic N) is 1. The van der Waals surface area contributed by atoms with Crippen molar-refractivity contribution in [2.75, 3.05) is 13.1 Å². The van der Waals surface area contributed by atoms with Gasteiger partial charge in [-0.2, -0.15) is 0 Å². The quantitative estimate of drug-likeness (QED) is 0.663. The van der Waals surface area contributed by atoms with Gasteiger partial charge in [0.25, 0.3) is 0 Å². The monoisotopic (exact) mass is 275 g/mol. The van der Waals surface area contributed by atoms with Crippen molar-refractivity contribution >= 4 is 5.78 Å². The van der Waals surface area contributed by atoms with Crippen molar-refractivity contribution in [3.63, 3.8) is 0 Å². The molecule has 0 saturated heterocycles. The van der Waals surface area contributed by atoms with E-state index < -0.39 is 0 Å². The smallest absolute Gasteiger partial charge is 0.176 e. The minimum absolute atomic E-state index is 0.224. The van der Waals surface area contributed by atoms with Crippen molar-refractivity contribution in [3.05, 3.63) is 35.4 Å². The summed E-state index contributed by atoms with van der Waals surface area (Å²) in [5.41, 5.74) is 2.14. The van der Waals surface area contributed by atoms with Gasteiger partial charge >= 0.3 is 0 Å². The zero-order valence-corrected chi connectivity index (χ0v) is 13.6. The molecule has 1 aromatic carbocycles. The lowest BCUT2D eigenvalue weighted by Gasteiger charge is -2.27. The number of carbonyl (C=O) groups excluding carboxylic acids is 1. The number of rotatable bonds is 8. The van der Waals surface area contributed by atoms with Gasteiger partial charge in [0, 0.05) is 18.2 Å². The topological polar surface area (TPSA) is 20.3 Å². The van der Waals surface area contributed by atoms with Crippen LogP contribution in [0.1, 0.15) is 57.0 Å². The van der Waals surface area contributed by atoms with E-state index in [2.05, 4.69) is 51.7 Å². The van der Waals surface area contributed by atoms with Crippen LogP contribution in [-0.2, 0) is 6.42 Å². The van der Waals surface area contributed by atoms with Gasteiger partial charge < -0.3 is 0 Å². The molecule has 2 heteroatoms. The molecule has 0 radical (unpaired) electrons. The molecule has 0 N–H and O–H groups in total. The van der Waals surface area contributed by atoms with Gasteiger partial charge in [-0.25, -0.2) is 0 Å². The Hall–Kier alpha value is -1.15. The van der Waals surface area contributed by atoms with Gasteiger partial charge in [0.15, 0.2) is 5.78 Å². The van der Waals surface area contributed by atoms with Gasteiger partial charge in [0.2, 0.25) is 0 Å². The van der Waals surface area contributed by atoms with E-state index in [9.17, 15) is 4.79 Å². The SMILES string of the molecule is CCCc1ccc(C(=O)CN(CC(C)C)C(C)C)cc1. The average molecular weight is 275 g/mol. The molecule has 0 bridgehead atoms. The first-order chi connectivity index (χ1) is 9.43. The third kappa shape index (κ3) is 5.46. The standard InChI is InChI=1S/C18H29NO/c1-6-7-16-8-10-17(11-9-16)18(20)13-19(15(4)5)12-14(2)3/h8-11,14-15H,6-7,12-13H2,1-5H3. The lowest BCUT2D eigenvalue weighted by molar-refractivity contribution is 0.0893. The molecule has 0 unspecified atom stereocenters. The van der Waals surface area contributed by atoms with Gasteiger partial charge in [-0.3, -0.25) is 9.69 Å². The Morgan fingerprint density at radius 2 is 1.70 bits per heavy atom. The molecular formula is C18H29NO. The molecule has 0 aromatic heterocycles. The zero-order chi connectivity index (χ0) is 15.1. The predicted octanol–water partition coefficient (Wildman–Crippen LogP) is 4.19. The van der Waals surface area contributed by atoms with E-state index in [0.717, 1.165) is 24.9 Å². The van der Waals surface area contributed by atoms with Crippen molar-refractivity contribution in [3.8, 4) is 0 Å². The second kappa shape index (κ2) is 8.21. The summed E-state index contributed by atoms with van der Waals surface area (Å²) >= 11 is 0. The minimum Gasteiger partial charge on any atom is -0.293 e. The molecule has 0 atom stereocenters. The maximum Gasteiger partial charge on any atom is 0.176 e. The molecule has 20 heavy (non-hydrogen) atoms. The highest BCUT2D eigenvalue weighted by atomic mass is 16.1. The fourth-order valence-corrected chi connectivity index (χ4v) is 2.35. The van der Waals surface area contributed by atoms with E-state index in [1.807, 2.05) is 12.1 Å². The van der Waals surface area contributed by atoms with Crippen LogP contribution in [0.2, 0.25) is 0 Å². The lowest BCUT2D eigenvalue weighted by Crippen LogP contribution is -2.38. The van der Waals surface area contributed by atoms with Crippen LogP contribution in [0.5, 0.6) is 0 Å². The normalized spacial score (nSPS) is 11.6. The summed E-state index contributed by atoms with van der Waals surface area (Å²) in [7, 11) is 0. The van der Waals surface area contributed by atoms with Crippen molar-refractivity contribution < 1.29 is 4.79 Å². The van der Waals surface area contributed by atoms with Crippen molar-refractivity contribution in [1.29, 1.82) is 0 Å². The van der Waals surface area contributed by atoms with Crippen molar-refractivity contribution in [1.82, 2.24) is 4.90 Å². The second-order valence-electron chi connectivity index (χ2n) is 6.29. The Balaban J connectivity index is 2.68. The maximum atomic E-state index is 12.4. The highest BCUT2D eigenvalue weighted by molar-refractivity contribution is 5.97. The van der Waals surface area contributed by atoms with Gasteiger partial charge in [0.1, 0.15) is 0 Å². The predicted molar refractivity (Wildman–Crippen MR) is 86.3 cm³/mol. The minimum atomic E-state index is 0.224. The van der Waals surface area contributed by atoms with Crippen LogP contribution in [0.4, 0.5) is 0 Å². The summed E-state index contributed by atoms with van der Waals surface area (Å²) in [6.07, 6.45) is 2.22. The Kier molecular flexibility index (Phi) is 6.94. The van der Waals surface area contributed by atoms with Crippen LogP contribution in [-0.4, -0.2) is 29.8 Å². The molecule has 0 saturated carbocycles. The molecular weight excluding hydrogens is 246 g/mol. The molecule has 1 aromatic rings. The van der Waals surface area contributed by atoms with E-state index in [-0.39, 0.29) is 5.78 Å². The molecule has 0 aliphatic rings. The molecule has 0 heterocycles. The Labute approximate surface area is 124 Å². The third-order valence-corrected chi connectivity index (χ3v) is 3.49. The van der Waals surface area contributed by atoms with E-state index in [1.54, 1.807) is 0 Å². The second-order valence-corrected chi connectivity index (χ2v) is 6.29. The van der Waals surface area contributed by atoms with E-state index >= 15 is 0 Å². The molecule has 112 valence electrons. The molecule has 2 nitrogen and oxygen atoms in total. The van der Waals surface area contributed by atoms with Crippen LogP contribution in [0.15, 0.2) is 24.3 Å². The summed E-state index contributed by atoms with van der Waals surface area (Å²) in [6.45, 7) is 12.4. The fraction of sp³-hybridized carbons (Fsp3) is 0.611. The first-order valence-corrected chi connectivity index (χ1v) is 7.80. The number of benzene rings is 1. The van der Waals surface area contributed by atoms with Gasteiger partial charge in [-0.05, 0) is 31.7 Å². The number of Topliss-reactive ketones (excluding diaryl/α,β-unsaturated/α-hetero) is 1. The highest BCUT2D eigenvalue weighted by Gasteiger charge is 2.16. The fourth-order valence-electron chi connectivity index (χ4n) is 2.35. The highest BCUT2D eigenvalue weighted by Crippen LogP contribution is 2.10. The molecule has 1 rings (SSSR count). The van der Waals surface area contributed by atoms with Crippen LogP contribution >= 0.6 is 0 Å². The van der Waals surface area contributed by atoms with E-state index in [4.69, 9.17) is 0 Å². The molecule has 0 fully saturated rings. The molecule has 0 aliphatic carbocycles. The zero-order valence-electron chi connectivity index (χ0n) is 13.6. The van der Waals surface area contributed by atoms with Crippen LogP contribution < -0.4 is 0 Å². The van der Waals surface area contributed by atoms with E-state index in [0.29, 0.717) is 18.5 Å². The number of aryl methyl sites for hydroxylation is 1. The van der Waals surface area contributed by atoms with Crippen molar-refractivity contribution in [2.24, 2.45) is 5.92 Å². The average Bonchev–Trinajstić information content (AvgIpc) is 2.38. The summed E-state index contributed by atoms with van der Waals surface area (Å²) in [5, 5.41) is 0. The number of ketones is 1. The number of hydrogen-bond donors (Lipinski definition) is 0. The first-order valence-electron chi connectivity index (χ1n) is 7.80. The van der Waals surface area contributed by atoms with E-state index in [1.165, 1.54) is 5.56 Å². The third-order valence-electron chi connectivity index (χ3n) is 3.49. The first kappa shape index (κ1) is 16.9. The number of carbonyl (C=O) groups is 1. The summed E-state index contributed by atoms with van der Waals surface area (Å²) in [6, 6.07) is 8.51. The van der Waals surface area contributed by atoms with Gasteiger partial charge in [-0.1, -0.05) is 51.5 Å².